The van der Waals surface area contributed by atoms with Gasteiger partial charge < -0.3 is 25.4 Å². The Bertz CT molecular complexity index is 497. The Labute approximate surface area is 169 Å². The van der Waals surface area contributed by atoms with Gasteiger partial charge in [0, 0.05) is 52.5 Å². The molecule has 0 aromatic heterocycles. The predicted molar refractivity (Wildman–Crippen MR) is 108 cm³/mol. The Morgan fingerprint density at radius 2 is 2.14 bits per heavy atom. The maximum Gasteiger partial charge on any atom is 0.249 e. The molecule has 2 rings (SSSR count). The third kappa shape index (κ3) is 6.69. The summed E-state index contributed by atoms with van der Waals surface area (Å²) < 4.78 is 10.9. The van der Waals surface area contributed by atoms with E-state index in [-0.39, 0.29) is 30.6 Å². The molecule has 2 amide bonds. The fraction of sp³-hybridized carbons (Fsp3) is 0.900. The molecule has 2 heterocycles. The van der Waals surface area contributed by atoms with Crippen molar-refractivity contribution in [3.8, 4) is 0 Å². The Kier molecular flexibility index (Phi) is 9.64. The molecule has 0 aromatic rings. The van der Waals surface area contributed by atoms with Crippen LogP contribution in [-0.4, -0.2) is 92.8 Å². The topological polar surface area (TPSA) is 97.1 Å². The van der Waals surface area contributed by atoms with Crippen LogP contribution in [0.15, 0.2) is 0 Å². The summed E-state index contributed by atoms with van der Waals surface area (Å²) in [7, 11) is 1.50. The predicted octanol–water partition coefficient (Wildman–Crippen LogP) is 0.204. The smallest absolute Gasteiger partial charge is 0.249 e. The molecule has 2 aliphatic rings. The summed E-state index contributed by atoms with van der Waals surface area (Å²) >= 11 is 0. The van der Waals surface area contributed by atoms with E-state index in [1.54, 1.807) is 4.90 Å². The molecular weight excluding hydrogens is 360 g/mol. The van der Waals surface area contributed by atoms with Crippen molar-refractivity contribution in [3.63, 3.8) is 0 Å². The number of amides is 2. The van der Waals surface area contributed by atoms with Crippen molar-refractivity contribution in [3.05, 3.63) is 0 Å². The van der Waals surface area contributed by atoms with E-state index in [2.05, 4.69) is 24.1 Å². The van der Waals surface area contributed by atoms with Crippen LogP contribution in [0.2, 0.25) is 0 Å². The molecule has 162 valence electrons. The molecule has 0 radical (unpaired) electrons. The number of methoxy groups -OCH3 is 1. The lowest BCUT2D eigenvalue weighted by Crippen LogP contribution is -2.59. The lowest BCUT2D eigenvalue weighted by molar-refractivity contribution is -0.146. The maximum atomic E-state index is 12.8. The molecule has 8 nitrogen and oxygen atoms in total. The number of likely N-dealkylation sites (tertiary alicyclic amines) is 1. The normalized spacial score (nSPS) is 25.5. The summed E-state index contributed by atoms with van der Waals surface area (Å²) in [5.74, 6) is 0.267. The Hall–Kier alpha value is -1.22. The molecule has 3 N–H and O–H groups in total. The summed E-state index contributed by atoms with van der Waals surface area (Å²) in [6, 6.07) is -0.223. The van der Waals surface area contributed by atoms with Crippen LogP contribution in [0, 0.1) is 5.92 Å². The van der Waals surface area contributed by atoms with Gasteiger partial charge in [-0.3, -0.25) is 14.5 Å². The van der Waals surface area contributed by atoms with Crippen LogP contribution in [0.5, 0.6) is 0 Å². The van der Waals surface area contributed by atoms with Gasteiger partial charge in [-0.05, 0) is 31.6 Å². The zero-order valence-electron chi connectivity index (χ0n) is 17.7. The monoisotopic (exact) mass is 398 g/mol. The van der Waals surface area contributed by atoms with Crippen molar-refractivity contribution in [1.29, 1.82) is 0 Å². The third-order valence-corrected chi connectivity index (χ3v) is 5.49. The molecule has 2 saturated heterocycles. The van der Waals surface area contributed by atoms with Gasteiger partial charge in [-0.1, -0.05) is 13.8 Å². The number of rotatable bonds is 10. The van der Waals surface area contributed by atoms with E-state index < -0.39 is 6.04 Å². The minimum absolute atomic E-state index is 0.00302. The molecule has 2 unspecified atom stereocenters. The second-order valence-electron chi connectivity index (χ2n) is 8.28. The second kappa shape index (κ2) is 11.7. The van der Waals surface area contributed by atoms with E-state index in [1.807, 2.05) is 0 Å². The van der Waals surface area contributed by atoms with Crippen LogP contribution in [-0.2, 0) is 19.1 Å². The van der Waals surface area contributed by atoms with Crippen LogP contribution in [0.25, 0.3) is 0 Å². The summed E-state index contributed by atoms with van der Waals surface area (Å²) in [5.41, 5.74) is 5.53. The van der Waals surface area contributed by atoms with Gasteiger partial charge >= 0.3 is 0 Å². The highest BCUT2D eigenvalue weighted by Gasteiger charge is 2.38. The van der Waals surface area contributed by atoms with E-state index in [0.29, 0.717) is 32.0 Å². The first-order valence-electron chi connectivity index (χ1n) is 10.6. The van der Waals surface area contributed by atoms with Crippen molar-refractivity contribution < 1.29 is 19.1 Å². The molecule has 28 heavy (non-hydrogen) atoms. The first-order valence-corrected chi connectivity index (χ1v) is 10.6. The Morgan fingerprint density at radius 3 is 2.75 bits per heavy atom. The SMILES string of the molecule is COCC(=O)N1CCC(N(CC(C)C)CC2CCCO2)C[C@@H]1C(=O)NCCN. The molecule has 0 bridgehead atoms. The van der Waals surface area contributed by atoms with E-state index >= 15 is 0 Å². The molecule has 2 fully saturated rings. The van der Waals surface area contributed by atoms with E-state index in [0.717, 1.165) is 39.0 Å². The van der Waals surface area contributed by atoms with E-state index in [9.17, 15) is 9.59 Å². The molecule has 2 aliphatic heterocycles. The van der Waals surface area contributed by atoms with E-state index in [1.165, 1.54) is 7.11 Å². The van der Waals surface area contributed by atoms with Crippen molar-refractivity contribution in [2.75, 3.05) is 53.0 Å². The number of piperidine rings is 1. The van der Waals surface area contributed by atoms with Gasteiger partial charge in [0.05, 0.1) is 6.10 Å². The van der Waals surface area contributed by atoms with Gasteiger partial charge in [-0.25, -0.2) is 0 Å². The number of carbonyl (C=O) groups is 2. The number of nitrogens with zero attached hydrogens (tertiary/aromatic N) is 2. The highest BCUT2D eigenvalue weighted by atomic mass is 16.5. The third-order valence-electron chi connectivity index (χ3n) is 5.49. The lowest BCUT2D eigenvalue weighted by atomic mass is 9.93. The highest BCUT2D eigenvalue weighted by molar-refractivity contribution is 5.88. The van der Waals surface area contributed by atoms with Crippen molar-refractivity contribution in [2.24, 2.45) is 11.7 Å². The molecule has 0 spiro atoms. The average Bonchev–Trinajstić information content (AvgIpc) is 3.18. The van der Waals surface area contributed by atoms with Crippen LogP contribution in [0.3, 0.4) is 0 Å². The van der Waals surface area contributed by atoms with Crippen molar-refractivity contribution >= 4 is 11.8 Å². The quantitative estimate of drug-likeness (QED) is 0.546. The fourth-order valence-electron chi connectivity index (χ4n) is 4.24. The first kappa shape index (κ1) is 23.1. The largest absolute Gasteiger partial charge is 0.377 e. The number of hydrogen-bond donors (Lipinski definition) is 2. The van der Waals surface area contributed by atoms with Gasteiger partial charge in [0.15, 0.2) is 0 Å². The molecular formula is C20H38N4O4. The molecule has 8 heteroatoms. The van der Waals surface area contributed by atoms with Crippen LogP contribution in [0.4, 0.5) is 0 Å². The minimum Gasteiger partial charge on any atom is -0.377 e. The molecule has 0 aliphatic carbocycles. The highest BCUT2D eigenvalue weighted by Crippen LogP contribution is 2.25. The number of hydrogen-bond acceptors (Lipinski definition) is 6. The van der Waals surface area contributed by atoms with Gasteiger partial charge in [0.25, 0.3) is 0 Å². The standard InChI is InChI=1S/C20H38N4O4/c1-15(2)12-23(13-17-5-4-10-28-17)16-6-9-24(19(25)14-27-3)18(11-16)20(26)22-8-7-21/h15-18H,4-14,21H2,1-3H3,(H,22,26)/t16?,17?,18-/m1/s1. The van der Waals surface area contributed by atoms with Gasteiger partial charge in [0.2, 0.25) is 11.8 Å². The maximum absolute atomic E-state index is 12.8. The van der Waals surface area contributed by atoms with Gasteiger partial charge in [-0.2, -0.15) is 0 Å². The Balaban J connectivity index is 2.10. The number of ether oxygens (including phenoxy) is 2. The molecule has 3 atom stereocenters. The first-order chi connectivity index (χ1) is 13.5. The number of nitrogens with two attached hydrogens (primary N) is 1. The van der Waals surface area contributed by atoms with Crippen LogP contribution < -0.4 is 11.1 Å². The van der Waals surface area contributed by atoms with Crippen molar-refractivity contribution in [2.45, 2.75) is 57.7 Å². The fourth-order valence-corrected chi connectivity index (χ4v) is 4.24. The second-order valence-corrected chi connectivity index (χ2v) is 8.28. The summed E-state index contributed by atoms with van der Waals surface area (Å²) in [4.78, 5) is 29.4. The van der Waals surface area contributed by atoms with Crippen LogP contribution >= 0.6 is 0 Å². The number of carbonyl (C=O) groups excluding carboxylic acids is 2. The van der Waals surface area contributed by atoms with Crippen molar-refractivity contribution in [1.82, 2.24) is 15.1 Å². The van der Waals surface area contributed by atoms with Crippen LogP contribution in [0.1, 0.15) is 39.5 Å². The minimum atomic E-state index is -0.480. The Morgan fingerprint density at radius 1 is 1.36 bits per heavy atom. The average molecular weight is 399 g/mol. The summed E-state index contributed by atoms with van der Waals surface area (Å²) in [5, 5.41) is 2.86. The van der Waals surface area contributed by atoms with E-state index in [4.69, 9.17) is 15.2 Å². The zero-order valence-corrected chi connectivity index (χ0v) is 17.7. The van der Waals surface area contributed by atoms with Gasteiger partial charge in [0.1, 0.15) is 12.6 Å². The summed E-state index contributed by atoms with van der Waals surface area (Å²) in [6.07, 6.45) is 3.98. The van der Waals surface area contributed by atoms with Gasteiger partial charge in [-0.15, -0.1) is 0 Å². The lowest BCUT2D eigenvalue weighted by Gasteiger charge is -2.43. The molecule has 0 saturated carbocycles. The zero-order chi connectivity index (χ0) is 20.5. The number of nitrogens with one attached hydrogen (secondary N) is 1. The summed E-state index contributed by atoms with van der Waals surface area (Å²) in [6.45, 7) is 8.49. The molecule has 0 aromatic carbocycles.